The van der Waals surface area contributed by atoms with Crippen molar-refractivity contribution < 1.29 is 4.39 Å². The second-order valence-electron chi connectivity index (χ2n) is 1.54. The standard InChI is InChI=1S/C7H3FN/c8-7-3-1-2-6(4-7)5-9/h1-2,4H. The minimum Gasteiger partial charge on any atom is -0.206 e. The SMILES string of the molecule is N#Cc1cc[c]c(F)c1. The molecule has 0 unspecified atom stereocenters. The Balaban J connectivity index is 3.12. The average molecular weight is 120 g/mol. The summed E-state index contributed by atoms with van der Waals surface area (Å²) in [6, 6.07) is 8.12. The summed E-state index contributed by atoms with van der Waals surface area (Å²) in [5.74, 6) is -0.492. The molecule has 0 atom stereocenters. The Labute approximate surface area is 52.4 Å². The van der Waals surface area contributed by atoms with Crippen molar-refractivity contribution >= 4 is 0 Å². The molecular weight excluding hydrogens is 117 g/mol. The number of hydrogen-bond acceptors (Lipinski definition) is 1. The van der Waals surface area contributed by atoms with Crippen LogP contribution in [0.4, 0.5) is 4.39 Å². The Hall–Kier alpha value is -1.36. The quantitative estimate of drug-likeness (QED) is 0.509. The zero-order valence-corrected chi connectivity index (χ0v) is 4.56. The van der Waals surface area contributed by atoms with Crippen LogP contribution in [0.5, 0.6) is 0 Å². The van der Waals surface area contributed by atoms with Crippen molar-refractivity contribution in [3.05, 3.63) is 35.6 Å². The number of rotatable bonds is 0. The number of hydrogen-bond donors (Lipinski definition) is 0. The van der Waals surface area contributed by atoms with Gasteiger partial charge in [-0.05, 0) is 12.1 Å². The van der Waals surface area contributed by atoms with Crippen molar-refractivity contribution in [2.75, 3.05) is 0 Å². The first-order valence-corrected chi connectivity index (χ1v) is 2.40. The van der Waals surface area contributed by atoms with Crippen LogP contribution in [0.1, 0.15) is 5.56 Å². The molecule has 1 radical (unpaired) electrons. The van der Waals surface area contributed by atoms with E-state index in [-0.39, 0.29) is 0 Å². The van der Waals surface area contributed by atoms with Crippen molar-refractivity contribution in [1.29, 1.82) is 5.26 Å². The molecule has 0 saturated heterocycles. The summed E-state index contributed by atoms with van der Waals surface area (Å²) in [6.07, 6.45) is 0. The average Bonchev–Trinajstić information content (AvgIpc) is 1.88. The van der Waals surface area contributed by atoms with Gasteiger partial charge in [-0.1, -0.05) is 6.07 Å². The van der Waals surface area contributed by atoms with Crippen LogP contribution < -0.4 is 0 Å². The Morgan fingerprint density at radius 3 is 2.89 bits per heavy atom. The molecular formula is C7H3FN. The Morgan fingerprint density at radius 1 is 1.67 bits per heavy atom. The zero-order chi connectivity index (χ0) is 6.69. The third kappa shape index (κ3) is 1.26. The van der Waals surface area contributed by atoms with E-state index in [1.54, 1.807) is 0 Å². The van der Waals surface area contributed by atoms with Gasteiger partial charge in [0.05, 0.1) is 11.6 Å². The van der Waals surface area contributed by atoms with Crippen molar-refractivity contribution in [1.82, 2.24) is 0 Å². The molecule has 0 N–H and O–H groups in total. The molecule has 0 aromatic heterocycles. The van der Waals surface area contributed by atoms with Gasteiger partial charge in [0.25, 0.3) is 0 Å². The van der Waals surface area contributed by atoms with E-state index < -0.39 is 5.82 Å². The molecule has 0 aliphatic heterocycles. The molecule has 1 aromatic rings. The molecule has 0 bridgehead atoms. The summed E-state index contributed by atoms with van der Waals surface area (Å²) in [5, 5.41) is 8.23. The van der Waals surface area contributed by atoms with Gasteiger partial charge in [0, 0.05) is 6.07 Å². The largest absolute Gasteiger partial charge is 0.206 e. The number of nitrogens with zero attached hydrogens (tertiary/aromatic N) is 1. The van der Waals surface area contributed by atoms with Crippen molar-refractivity contribution in [3.63, 3.8) is 0 Å². The maximum Gasteiger partial charge on any atom is 0.132 e. The highest BCUT2D eigenvalue weighted by atomic mass is 19.1. The molecule has 43 valence electrons. The molecule has 0 saturated carbocycles. The number of halogens is 1. The fourth-order valence-corrected chi connectivity index (χ4v) is 0.507. The van der Waals surface area contributed by atoms with Gasteiger partial charge in [0.1, 0.15) is 5.82 Å². The summed E-state index contributed by atoms with van der Waals surface area (Å²) < 4.78 is 12.1. The molecule has 0 aliphatic rings. The third-order valence-electron chi connectivity index (χ3n) is 0.895. The molecule has 0 amide bonds. The fourth-order valence-electron chi connectivity index (χ4n) is 0.507. The van der Waals surface area contributed by atoms with Crippen LogP contribution in [0.3, 0.4) is 0 Å². The van der Waals surface area contributed by atoms with E-state index >= 15 is 0 Å². The zero-order valence-electron chi connectivity index (χ0n) is 4.56. The minimum atomic E-state index is -0.492. The predicted octanol–water partition coefficient (Wildman–Crippen LogP) is 1.50. The van der Waals surface area contributed by atoms with Crippen LogP contribution in [-0.4, -0.2) is 0 Å². The molecule has 0 spiro atoms. The molecule has 0 heterocycles. The lowest BCUT2D eigenvalue weighted by molar-refractivity contribution is 0.625. The number of benzene rings is 1. The number of nitriles is 1. The maximum absolute atomic E-state index is 12.1. The van der Waals surface area contributed by atoms with E-state index in [1.807, 2.05) is 6.07 Å². The molecule has 0 aliphatic carbocycles. The van der Waals surface area contributed by atoms with E-state index in [4.69, 9.17) is 5.26 Å². The van der Waals surface area contributed by atoms with Crippen LogP contribution >= 0.6 is 0 Å². The first-order valence-electron chi connectivity index (χ1n) is 2.40. The summed E-state index contributed by atoms with van der Waals surface area (Å²) in [4.78, 5) is 0. The van der Waals surface area contributed by atoms with Gasteiger partial charge in [-0.25, -0.2) is 4.39 Å². The van der Waals surface area contributed by atoms with E-state index in [9.17, 15) is 4.39 Å². The monoisotopic (exact) mass is 120 g/mol. The lowest BCUT2D eigenvalue weighted by Gasteiger charge is -1.84. The van der Waals surface area contributed by atoms with Crippen LogP contribution in [0.2, 0.25) is 0 Å². The summed E-state index contributed by atoms with van der Waals surface area (Å²) in [6.45, 7) is 0. The second kappa shape index (κ2) is 2.27. The highest BCUT2D eigenvalue weighted by molar-refractivity contribution is 5.27. The normalized spacial score (nSPS) is 8.44. The lowest BCUT2D eigenvalue weighted by atomic mass is 10.2. The van der Waals surface area contributed by atoms with Gasteiger partial charge in [0.2, 0.25) is 0 Å². The fraction of sp³-hybridized carbons (Fsp3) is 0. The molecule has 9 heavy (non-hydrogen) atoms. The molecule has 1 nitrogen and oxygen atoms in total. The lowest BCUT2D eigenvalue weighted by Crippen LogP contribution is -1.75. The smallest absolute Gasteiger partial charge is 0.132 e. The van der Waals surface area contributed by atoms with Crippen LogP contribution in [-0.2, 0) is 0 Å². The summed E-state index contributed by atoms with van der Waals surface area (Å²) in [7, 11) is 0. The summed E-state index contributed by atoms with van der Waals surface area (Å²) in [5.41, 5.74) is 0.325. The van der Waals surface area contributed by atoms with Crippen molar-refractivity contribution in [2.24, 2.45) is 0 Å². The highest BCUT2D eigenvalue weighted by Crippen LogP contribution is 1.99. The van der Waals surface area contributed by atoms with E-state index in [1.165, 1.54) is 12.1 Å². The van der Waals surface area contributed by atoms with E-state index in [2.05, 4.69) is 6.07 Å². The topological polar surface area (TPSA) is 23.8 Å². The van der Waals surface area contributed by atoms with Gasteiger partial charge in [0.15, 0.2) is 0 Å². The molecule has 0 fully saturated rings. The van der Waals surface area contributed by atoms with Crippen molar-refractivity contribution in [2.45, 2.75) is 0 Å². The Morgan fingerprint density at radius 2 is 2.44 bits per heavy atom. The third-order valence-corrected chi connectivity index (χ3v) is 0.895. The second-order valence-corrected chi connectivity index (χ2v) is 1.54. The van der Waals surface area contributed by atoms with E-state index in [0.717, 1.165) is 6.07 Å². The molecule has 1 rings (SSSR count). The molecule has 2 heteroatoms. The first-order chi connectivity index (χ1) is 4.33. The minimum absolute atomic E-state index is 0.325. The Kier molecular flexibility index (Phi) is 1.46. The van der Waals surface area contributed by atoms with Crippen LogP contribution in [0.25, 0.3) is 0 Å². The Bertz CT molecular complexity index is 249. The highest BCUT2D eigenvalue weighted by Gasteiger charge is 1.90. The van der Waals surface area contributed by atoms with Crippen LogP contribution in [0, 0.1) is 23.2 Å². The van der Waals surface area contributed by atoms with E-state index in [0.29, 0.717) is 5.56 Å². The van der Waals surface area contributed by atoms with Crippen molar-refractivity contribution in [3.8, 4) is 6.07 Å². The van der Waals surface area contributed by atoms with Gasteiger partial charge in [-0.15, -0.1) is 0 Å². The first kappa shape index (κ1) is 5.77. The van der Waals surface area contributed by atoms with Gasteiger partial charge in [-0.2, -0.15) is 5.26 Å². The van der Waals surface area contributed by atoms with Gasteiger partial charge < -0.3 is 0 Å². The predicted molar refractivity (Wildman–Crippen MR) is 30.0 cm³/mol. The molecule has 1 aromatic carbocycles. The maximum atomic E-state index is 12.1. The van der Waals surface area contributed by atoms with Crippen LogP contribution in [0.15, 0.2) is 18.2 Å². The van der Waals surface area contributed by atoms with Gasteiger partial charge in [-0.3, -0.25) is 0 Å². The summed E-state index contributed by atoms with van der Waals surface area (Å²) >= 11 is 0. The van der Waals surface area contributed by atoms with Gasteiger partial charge >= 0.3 is 0 Å².